The molecule has 7 nitrogen and oxygen atoms in total. The van der Waals surface area contributed by atoms with Crippen LogP contribution in [0.4, 0.5) is 5.69 Å². The Kier molecular flexibility index (Phi) is 5.67. The van der Waals surface area contributed by atoms with Gasteiger partial charge in [-0.2, -0.15) is 0 Å². The zero-order valence-electron chi connectivity index (χ0n) is 13.4. The van der Waals surface area contributed by atoms with Crippen LogP contribution in [0.1, 0.15) is 12.8 Å². The fourth-order valence-corrected chi connectivity index (χ4v) is 2.61. The number of aliphatic carboxylic acids is 1. The van der Waals surface area contributed by atoms with Gasteiger partial charge in [0.1, 0.15) is 11.5 Å². The maximum Gasteiger partial charge on any atom is 0.223 e. The number of carbonyl (C=O) groups excluding carboxylic acids is 2. The Balaban J connectivity index is 1.96. The number of carbonyl (C=O) groups is 2. The lowest BCUT2D eigenvalue weighted by molar-refractivity contribution is -0.305. The van der Waals surface area contributed by atoms with Crippen molar-refractivity contribution in [2.24, 2.45) is 0 Å². The molecule has 1 fully saturated rings. The maximum atomic E-state index is 11.9. The van der Waals surface area contributed by atoms with Gasteiger partial charge in [0, 0.05) is 44.6 Å². The van der Waals surface area contributed by atoms with Crippen LogP contribution < -0.4 is 19.5 Å². The molecular formula is C16H21N2O5-. The Labute approximate surface area is 135 Å². The number of anilines is 1. The Hall–Kier alpha value is -2.44. The zero-order chi connectivity index (χ0) is 16.8. The van der Waals surface area contributed by atoms with E-state index in [0.29, 0.717) is 26.2 Å². The number of nitrogens with zero attached hydrogens (tertiary/aromatic N) is 2. The van der Waals surface area contributed by atoms with Crippen molar-refractivity contribution in [3.8, 4) is 11.5 Å². The lowest BCUT2D eigenvalue weighted by Crippen LogP contribution is -2.49. The van der Waals surface area contributed by atoms with Crippen molar-refractivity contribution in [2.45, 2.75) is 12.8 Å². The summed E-state index contributed by atoms with van der Waals surface area (Å²) in [5.41, 5.74) is 0.954. The fraction of sp³-hybridized carbons (Fsp3) is 0.500. The summed E-state index contributed by atoms with van der Waals surface area (Å²) in [6, 6.07) is 5.63. The van der Waals surface area contributed by atoms with Gasteiger partial charge in [-0.1, -0.05) is 0 Å². The molecule has 1 aliphatic rings. The summed E-state index contributed by atoms with van der Waals surface area (Å²) in [6.07, 6.45) is -0.237. The third kappa shape index (κ3) is 4.28. The summed E-state index contributed by atoms with van der Waals surface area (Å²) in [4.78, 5) is 26.2. The largest absolute Gasteiger partial charge is 0.550 e. The molecule has 0 atom stereocenters. The summed E-state index contributed by atoms with van der Waals surface area (Å²) in [5, 5.41) is 10.4. The molecular weight excluding hydrogens is 300 g/mol. The van der Waals surface area contributed by atoms with Gasteiger partial charge in [0.2, 0.25) is 5.91 Å². The number of carboxylic acids is 1. The third-order valence-electron chi connectivity index (χ3n) is 3.90. The first-order chi connectivity index (χ1) is 11.0. The van der Waals surface area contributed by atoms with Crippen LogP contribution in [0.25, 0.3) is 0 Å². The molecule has 126 valence electrons. The summed E-state index contributed by atoms with van der Waals surface area (Å²) >= 11 is 0. The van der Waals surface area contributed by atoms with Crippen molar-refractivity contribution < 1.29 is 24.2 Å². The molecule has 0 unspecified atom stereocenters. The molecule has 2 rings (SSSR count). The van der Waals surface area contributed by atoms with Crippen molar-refractivity contribution in [2.75, 3.05) is 45.3 Å². The number of ether oxygens (including phenoxy) is 2. The fourth-order valence-electron chi connectivity index (χ4n) is 2.61. The van der Waals surface area contributed by atoms with Gasteiger partial charge in [-0.05, 0) is 18.6 Å². The second-order valence-electron chi connectivity index (χ2n) is 5.28. The molecule has 1 amide bonds. The van der Waals surface area contributed by atoms with E-state index in [1.807, 2.05) is 18.2 Å². The summed E-state index contributed by atoms with van der Waals surface area (Å²) in [5.74, 6) is 0.110. The van der Waals surface area contributed by atoms with E-state index < -0.39 is 5.97 Å². The average molecular weight is 321 g/mol. The van der Waals surface area contributed by atoms with Gasteiger partial charge < -0.3 is 29.2 Å². The highest BCUT2D eigenvalue weighted by atomic mass is 16.5. The average Bonchev–Trinajstić information content (AvgIpc) is 2.59. The van der Waals surface area contributed by atoms with E-state index in [9.17, 15) is 14.7 Å². The molecule has 1 saturated heterocycles. The Morgan fingerprint density at radius 1 is 1.09 bits per heavy atom. The number of piperazine rings is 1. The Morgan fingerprint density at radius 3 is 2.35 bits per heavy atom. The number of amides is 1. The molecule has 0 N–H and O–H groups in total. The number of methoxy groups -OCH3 is 2. The number of hydrogen-bond donors (Lipinski definition) is 0. The van der Waals surface area contributed by atoms with Crippen LogP contribution in [0.2, 0.25) is 0 Å². The minimum Gasteiger partial charge on any atom is -0.550 e. The van der Waals surface area contributed by atoms with Crippen molar-refractivity contribution in [3.63, 3.8) is 0 Å². The van der Waals surface area contributed by atoms with Crippen LogP contribution in [0, 0.1) is 0 Å². The van der Waals surface area contributed by atoms with Gasteiger partial charge >= 0.3 is 0 Å². The second-order valence-corrected chi connectivity index (χ2v) is 5.28. The Bertz CT molecular complexity index is 568. The van der Waals surface area contributed by atoms with Crippen molar-refractivity contribution in [1.29, 1.82) is 0 Å². The van der Waals surface area contributed by atoms with E-state index in [1.165, 1.54) is 0 Å². The van der Waals surface area contributed by atoms with E-state index in [2.05, 4.69) is 4.90 Å². The highest BCUT2D eigenvalue weighted by Gasteiger charge is 2.22. The first-order valence-corrected chi connectivity index (χ1v) is 7.49. The molecule has 0 bridgehead atoms. The minimum absolute atomic E-state index is 0.00576. The first kappa shape index (κ1) is 16.9. The molecule has 1 aliphatic heterocycles. The monoisotopic (exact) mass is 321 g/mol. The minimum atomic E-state index is -1.19. The maximum absolute atomic E-state index is 11.9. The number of carboxylic acid groups (broad SMARTS) is 1. The topological polar surface area (TPSA) is 82.1 Å². The van der Waals surface area contributed by atoms with Crippen LogP contribution in [-0.2, 0) is 9.59 Å². The highest BCUT2D eigenvalue weighted by molar-refractivity contribution is 5.80. The van der Waals surface area contributed by atoms with Gasteiger partial charge in [-0.25, -0.2) is 0 Å². The van der Waals surface area contributed by atoms with Crippen LogP contribution in [-0.4, -0.2) is 57.2 Å². The molecule has 1 heterocycles. The number of rotatable bonds is 6. The Morgan fingerprint density at radius 2 is 1.78 bits per heavy atom. The van der Waals surface area contributed by atoms with E-state index in [1.54, 1.807) is 19.1 Å². The molecule has 7 heteroatoms. The van der Waals surface area contributed by atoms with Gasteiger partial charge in [0.15, 0.2) is 0 Å². The number of benzene rings is 1. The molecule has 23 heavy (non-hydrogen) atoms. The van der Waals surface area contributed by atoms with Crippen molar-refractivity contribution in [3.05, 3.63) is 18.2 Å². The van der Waals surface area contributed by atoms with Crippen molar-refractivity contribution >= 4 is 17.6 Å². The quantitative estimate of drug-likeness (QED) is 0.727. The SMILES string of the molecule is COc1ccc(N2CCN(C(=O)CCC(=O)[O-])CC2)c(OC)c1. The van der Waals surface area contributed by atoms with E-state index in [-0.39, 0.29) is 18.7 Å². The predicted octanol–water partition coefficient (Wildman–Crippen LogP) is -0.117. The summed E-state index contributed by atoms with van der Waals surface area (Å²) < 4.78 is 10.6. The van der Waals surface area contributed by atoms with Crippen LogP contribution in [0.5, 0.6) is 11.5 Å². The van der Waals surface area contributed by atoms with E-state index >= 15 is 0 Å². The predicted molar refractivity (Wildman–Crippen MR) is 82.6 cm³/mol. The molecule has 0 aromatic heterocycles. The normalized spacial score (nSPS) is 14.5. The number of hydrogen-bond acceptors (Lipinski definition) is 6. The smallest absolute Gasteiger partial charge is 0.223 e. The molecule has 0 saturated carbocycles. The van der Waals surface area contributed by atoms with Crippen LogP contribution in [0.15, 0.2) is 18.2 Å². The molecule has 0 aliphatic carbocycles. The molecule has 0 spiro atoms. The van der Waals surface area contributed by atoms with E-state index in [0.717, 1.165) is 17.2 Å². The lowest BCUT2D eigenvalue weighted by Gasteiger charge is -2.36. The summed E-state index contributed by atoms with van der Waals surface area (Å²) in [6.45, 7) is 2.45. The van der Waals surface area contributed by atoms with Gasteiger partial charge in [-0.3, -0.25) is 4.79 Å². The first-order valence-electron chi connectivity index (χ1n) is 7.49. The van der Waals surface area contributed by atoms with Gasteiger partial charge in [-0.15, -0.1) is 0 Å². The second kappa shape index (κ2) is 7.71. The molecule has 0 radical (unpaired) electrons. The van der Waals surface area contributed by atoms with E-state index in [4.69, 9.17) is 9.47 Å². The van der Waals surface area contributed by atoms with Crippen LogP contribution >= 0.6 is 0 Å². The third-order valence-corrected chi connectivity index (χ3v) is 3.90. The van der Waals surface area contributed by atoms with Gasteiger partial charge in [0.05, 0.1) is 19.9 Å². The zero-order valence-corrected chi connectivity index (χ0v) is 13.4. The highest BCUT2D eigenvalue weighted by Crippen LogP contribution is 2.32. The summed E-state index contributed by atoms with van der Waals surface area (Å²) in [7, 11) is 3.21. The molecule has 1 aromatic rings. The van der Waals surface area contributed by atoms with Crippen molar-refractivity contribution in [1.82, 2.24) is 4.90 Å². The van der Waals surface area contributed by atoms with Gasteiger partial charge in [0.25, 0.3) is 0 Å². The molecule has 1 aromatic carbocycles. The lowest BCUT2D eigenvalue weighted by atomic mass is 10.2. The standard InChI is InChI=1S/C16H22N2O5/c1-22-12-3-4-13(14(11-12)23-2)17-7-9-18(10-8-17)15(19)5-6-16(20)21/h3-4,11H,5-10H2,1-2H3,(H,20,21)/p-1. The van der Waals surface area contributed by atoms with Crippen LogP contribution in [0.3, 0.4) is 0 Å².